The number of imidazole rings is 1. The zero-order chi connectivity index (χ0) is 15.0. The van der Waals surface area contributed by atoms with Crippen LogP contribution < -0.4 is 0 Å². The number of carboxylic acids is 1. The molecule has 1 aromatic heterocycles. The predicted molar refractivity (Wildman–Crippen MR) is 77.5 cm³/mol. The molecule has 6 heteroatoms. The van der Waals surface area contributed by atoms with Crippen LogP contribution in [0.25, 0.3) is 16.7 Å². The summed E-state index contributed by atoms with van der Waals surface area (Å²) in [6.45, 7) is 0. The zero-order valence-corrected chi connectivity index (χ0v) is 11.5. The molecule has 0 bridgehead atoms. The molecule has 0 radical (unpaired) electrons. The molecule has 2 aromatic carbocycles. The number of fused-ring (bicyclic) bond motifs is 1. The average Bonchev–Trinajstić information content (AvgIpc) is 2.90. The Morgan fingerprint density at radius 1 is 1.29 bits per heavy atom. The third-order valence-electron chi connectivity index (χ3n) is 3.25. The highest BCUT2D eigenvalue weighted by molar-refractivity contribution is 6.17. The third kappa shape index (κ3) is 2.36. The topological polar surface area (TPSA) is 55.1 Å². The van der Waals surface area contributed by atoms with Crippen LogP contribution in [0.4, 0.5) is 4.39 Å². The number of hydrogen-bond donors (Lipinski definition) is 1. The SMILES string of the molecule is O=C(O)c1ccc2c(c1)ncn2-c1ccc(F)c(CCl)c1. The van der Waals surface area contributed by atoms with Crippen LogP contribution in [-0.4, -0.2) is 20.6 Å². The molecule has 0 saturated carbocycles. The number of nitrogens with zero attached hydrogens (tertiary/aromatic N) is 2. The summed E-state index contributed by atoms with van der Waals surface area (Å²) < 4.78 is 15.3. The van der Waals surface area contributed by atoms with Gasteiger partial charge >= 0.3 is 5.97 Å². The van der Waals surface area contributed by atoms with E-state index in [4.69, 9.17) is 16.7 Å². The quantitative estimate of drug-likeness (QED) is 0.752. The Bertz CT molecular complexity index is 845. The lowest BCUT2D eigenvalue weighted by Crippen LogP contribution is -1.97. The largest absolute Gasteiger partial charge is 0.478 e. The summed E-state index contributed by atoms with van der Waals surface area (Å²) in [5.41, 5.74) is 2.60. The highest BCUT2D eigenvalue weighted by atomic mass is 35.5. The molecule has 21 heavy (non-hydrogen) atoms. The Balaban J connectivity index is 2.15. The molecule has 0 spiro atoms. The van der Waals surface area contributed by atoms with Crippen LogP contribution in [0, 0.1) is 5.82 Å². The smallest absolute Gasteiger partial charge is 0.335 e. The van der Waals surface area contributed by atoms with Crippen molar-refractivity contribution in [2.24, 2.45) is 0 Å². The minimum Gasteiger partial charge on any atom is -0.478 e. The summed E-state index contributed by atoms with van der Waals surface area (Å²) in [6.07, 6.45) is 1.57. The van der Waals surface area contributed by atoms with E-state index in [1.54, 1.807) is 29.1 Å². The number of benzene rings is 2. The summed E-state index contributed by atoms with van der Waals surface area (Å²) in [4.78, 5) is 15.1. The van der Waals surface area contributed by atoms with Crippen LogP contribution in [0.1, 0.15) is 15.9 Å². The van der Waals surface area contributed by atoms with Gasteiger partial charge in [-0.2, -0.15) is 0 Å². The molecular weight excluding hydrogens is 295 g/mol. The van der Waals surface area contributed by atoms with Crippen LogP contribution in [-0.2, 0) is 5.88 Å². The van der Waals surface area contributed by atoms with Gasteiger partial charge < -0.3 is 5.11 Å². The predicted octanol–water partition coefficient (Wildman–Crippen LogP) is 3.60. The van der Waals surface area contributed by atoms with Gasteiger partial charge in [0.2, 0.25) is 0 Å². The van der Waals surface area contributed by atoms with E-state index in [2.05, 4.69) is 4.98 Å². The molecule has 4 nitrogen and oxygen atoms in total. The van der Waals surface area contributed by atoms with Gasteiger partial charge in [-0.1, -0.05) is 0 Å². The van der Waals surface area contributed by atoms with E-state index in [1.165, 1.54) is 18.2 Å². The average molecular weight is 305 g/mol. The molecule has 0 fully saturated rings. The van der Waals surface area contributed by atoms with Crippen molar-refractivity contribution in [1.82, 2.24) is 9.55 Å². The Labute approximate surface area is 124 Å². The van der Waals surface area contributed by atoms with Gasteiger partial charge in [0.15, 0.2) is 0 Å². The van der Waals surface area contributed by atoms with Crippen molar-refractivity contribution in [3.05, 3.63) is 59.7 Å². The van der Waals surface area contributed by atoms with Crippen molar-refractivity contribution in [2.45, 2.75) is 5.88 Å². The number of rotatable bonds is 3. The molecule has 106 valence electrons. The van der Waals surface area contributed by atoms with Gasteiger partial charge in [-0.3, -0.25) is 4.57 Å². The lowest BCUT2D eigenvalue weighted by Gasteiger charge is -2.07. The van der Waals surface area contributed by atoms with Crippen molar-refractivity contribution in [3.63, 3.8) is 0 Å². The Morgan fingerprint density at radius 2 is 2.10 bits per heavy atom. The molecule has 0 atom stereocenters. The first kappa shape index (κ1) is 13.6. The summed E-state index contributed by atoms with van der Waals surface area (Å²) in [5, 5.41) is 8.98. The Hall–Kier alpha value is -2.40. The summed E-state index contributed by atoms with van der Waals surface area (Å²) in [6, 6.07) is 9.31. The fraction of sp³-hybridized carbons (Fsp3) is 0.0667. The van der Waals surface area contributed by atoms with Crippen molar-refractivity contribution < 1.29 is 14.3 Å². The molecule has 0 unspecified atom stereocenters. The molecule has 0 saturated heterocycles. The summed E-state index contributed by atoms with van der Waals surface area (Å²) in [7, 11) is 0. The molecule has 0 amide bonds. The van der Waals surface area contributed by atoms with E-state index in [1.807, 2.05) is 0 Å². The van der Waals surface area contributed by atoms with E-state index in [0.717, 1.165) is 11.2 Å². The maximum absolute atomic E-state index is 13.5. The number of alkyl halides is 1. The van der Waals surface area contributed by atoms with Gasteiger partial charge in [0.25, 0.3) is 0 Å². The standard InChI is InChI=1S/C15H10ClFN2O2/c16-7-10-5-11(2-3-12(10)17)19-8-18-13-6-9(15(20)21)1-4-14(13)19/h1-6,8H,7H2,(H,20,21). The molecule has 3 aromatic rings. The zero-order valence-electron chi connectivity index (χ0n) is 10.8. The lowest BCUT2D eigenvalue weighted by molar-refractivity contribution is 0.0697. The molecule has 3 rings (SSSR count). The number of carboxylic acid groups (broad SMARTS) is 1. The van der Waals surface area contributed by atoms with Crippen molar-refractivity contribution >= 4 is 28.6 Å². The second-order valence-electron chi connectivity index (χ2n) is 4.53. The normalized spacial score (nSPS) is 11.0. The Kier molecular flexibility index (Phi) is 3.35. The molecule has 1 heterocycles. The maximum atomic E-state index is 13.5. The van der Waals surface area contributed by atoms with E-state index in [0.29, 0.717) is 11.1 Å². The minimum atomic E-state index is -1.00. The number of aromatic carboxylic acids is 1. The fourth-order valence-electron chi connectivity index (χ4n) is 2.16. The number of aromatic nitrogens is 2. The molecule has 0 aliphatic carbocycles. The first-order valence-corrected chi connectivity index (χ1v) is 6.69. The van der Waals surface area contributed by atoms with Crippen LogP contribution in [0.5, 0.6) is 0 Å². The van der Waals surface area contributed by atoms with Crippen LogP contribution in [0.3, 0.4) is 0 Å². The number of carbonyl (C=O) groups is 1. The van der Waals surface area contributed by atoms with Crippen molar-refractivity contribution in [2.75, 3.05) is 0 Å². The first-order chi connectivity index (χ1) is 10.1. The molecule has 0 aliphatic rings. The highest BCUT2D eigenvalue weighted by Gasteiger charge is 2.10. The molecule has 1 N–H and O–H groups in total. The van der Waals surface area contributed by atoms with Crippen molar-refractivity contribution in [3.8, 4) is 5.69 Å². The summed E-state index contributed by atoms with van der Waals surface area (Å²) >= 11 is 5.71. The second-order valence-corrected chi connectivity index (χ2v) is 4.80. The van der Waals surface area contributed by atoms with Gasteiger partial charge in [-0.05, 0) is 36.4 Å². The van der Waals surface area contributed by atoms with Crippen LogP contribution in [0.2, 0.25) is 0 Å². The lowest BCUT2D eigenvalue weighted by atomic mass is 10.2. The fourth-order valence-corrected chi connectivity index (χ4v) is 2.37. The van der Waals surface area contributed by atoms with Crippen molar-refractivity contribution in [1.29, 1.82) is 0 Å². The van der Waals surface area contributed by atoms with E-state index in [-0.39, 0.29) is 17.3 Å². The third-order valence-corrected chi connectivity index (χ3v) is 3.53. The molecule has 0 aliphatic heterocycles. The number of hydrogen-bond acceptors (Lipinski definition) is 2. The van der Waals surface area contributed by atoms with Gasteiger partial charge in [-0.25, -0.2) is 14.2 Å². The van der Waals surface area contributed by atoms with E-state index >= 15 is 0 Å². The van der Waals surface area contributed by atoms with E-state index < -0.39 is 5.97 Å². The summed E-state index contributed by atoms with van der Waals surface area (Å²) in [5.74, 6) is -1.28. The van der Waals surface area contributed by atoms with E-state index in [9.17, 15) is 9.18 Å². The Morgan fingerprint density at radius 3 is 2.81 bits per heavy atom. The van der Waals surface area contributed by atoms with Crippen LogP contribution >= 0.6 is 11.6 Å². The van der Waals surface area contributed by atoms with Gasteiger partial charge in [0, 0.05) is 11.3 Å². The maximum Gasteiger partial charge on any atom is 0.335 e. The highest BCUT2D eigenvalue weighted by Crippen LogP contribution is 2.22. The first-order valence-electron chi connectivity index (χ1n) is 6.15. The minimum absolute atomic E-state index is 0.0788. The van der Waals surface area contributed by atoms with Gasteiger partial charge in [0.05, 0.1) is 22.5 Å². The van der Waals surface area contributed by atoms with Crippen LogP contribution in [0.15, 0.2) is 42.7 Å². The monoisotopic (exact) mass is 304 g/mol. The second kappa shape index (κ2) is 5.18. The number of halogens is 2. The molecular formula is C15H10ClFN2O2. The van der Waals surface area contributed by atoms with Gasteiger partial charge in [-0.15, -0.1) is 11.6 Å². The van der Waals surface area contributed by atoms with Gasteiger partial charge in [0.1, 0.15) is 12.1 Å².